The summed E-state index contributed by atoms with van der Waals surface area (Å²) in [6.07, 6.45) is 0.715. The molecule has 5 N–H and O–H groups in total. The molecule has 1 unspecified atom stereocenters. The lowest BCUT2D eigenvalue weighted by Crippen LogP contribution is -2.20. The summed E-state index contributed by atoms with van der Waals surface area (Å²) in [5.74, 6) is -1.71. The van der Waals surface area contributed by atoms with E-state index in [2.05, 4.69) is 5.32 Å². The Morgan fingerprint density at radius 1 is 1.03 bits per heavy atom. The van der Waals surface area contributed by atoms with Crippen molar-refractivity contribution in [3.8, 4) is 5.75 Å². The highest BCUT2D eigenvalue weighted by atomic mass is 32.2. The molecule has 10 nitrogen and oxygen atoms in total. The van der Waals surface area contributed by atoms with E-state index in [1.165, 1.54) is 12.1 Å². The van der Waals surface area contributed by atoms with Crippen molar-refractivity contribution < 1.29 is 36.4 Å². The van der Waals surface area contributed by atoms with Crippen molar-refractivity contribution in [2.75, 3.05) is 11.6 Å². The molecule has 12 heteroatoms. The van der Waals surface area contributed by atoms with E-state index in [0.717, 1.165) is 0 Å². The van der Waals surface area contributed by atoms with Gasteiger partial charge in [0.1, 0.15) is 18.2 Å². The van der Waals surface area contributed by atoms with Gasteiger partial charge in [0.05, 0.1) is 17.7 Å². The summed E-state index contributed by atoms with van der Waals surface area (Å²) < 4.78 is 49.5. The zero-order valence-electron chi connectivity index (χ0n) is 20.0. The van der Waals surface area contributed by atoms with E-state index in [9.17, 15) is 22.4 Å². The van der Waals surface area contributed by atoms with Crippen LogP contribution in [0.5, 0.6) is 5.75 Å². The number of ether oxygens (including phenoxy) is 2. The van der Waals surface area contributed by atoms with Gasteiger partial charge in [-0.25, -0.2) is 9.18 Å². The first-order valence-electron chi connectivity index (χ1n) is 10.7. The molecule has 3 aromatic carbocycles. The Kier molecular flexibility index (Phi) is 10.3. The molecule has 0 spiro atoms. The van der Waals surface area contributed by atoms with E-state index in [0.29, 0.717) is 34.4 Å². The minimum absolute atomic E-state index is 0.0554. The number of anilines is 1. The van der Waals surface area contributed by atoms with Crippen molar-refractivity contribution >= 4 is 33.7 Å². The predicted octanol–water partition coefficient (Wildman–Crippen LogP) is 3.70. The smallest absolute Gasteiger partial charge is 0.343 e. The third kappa shape index (κ3) is 10.9. The van der Waals surface area contributed by atoms with Crippen molar-refractivity contribution in [1.82, 2.24) is 0 Å². The van der Waals surface area contributed by atoms with Gasteiger partial charge in [0.25, 0.3) is 10.1 Å². The lowest BCUT2D eigenvalue weighted by molar-refractivity contribution is -0.146. The number of nitrogens with one attached hydrogen (secondary N) is 2. The third-order valence-electron chi connectivity index (χ3n) is 4.64. The molecule has 0 saturated carbocycles. The Morgan fingerprint density at radius 3 is 2.08 bits per heavy atom. The molecule has 0 fully saturated rings. The van der Waals surface area contributed by atoms with E-state index in [1.54, 1.807) is 67.6 Å². The highest BCUT2D eigenvalue weighted by Gasteiger charge is 2.17. The fourth-order valence-corrected chi connectivity index (χ4v) is 2.83. The molecule has 0 heterocycles. The van der Waals surface area contributed by atoms with Crippen molar-refractivity contribution in [2.24, 2.45) is 5.73 Å². The molecular weight excluding hydrogens is 505 g/mol. The molecule has 0 aliphatic carbocycles. The molecule has 3 rings (SSSR count). The second-order valence-electron chi connectivity index (χ2n) is 7.76. The molecule has 196 valence electrons. The topological polar surface area (TPSA) is 169 Å². The normalized spacial score (nSPS) is 11.4. The zero-order valence-corrected chi connectivity index (χ0v) is 20.8. The van der Waals surface area contributed by atoms with E-state index < -0.39 is 28.0 Å². The van der Waals surface area contributed by atoms with Crippen molar-refractivity contribution in [2.45, 2.75) is 19.4 Å². The van der Waals surface area contributed by atoms with Gasteiger partial charge in [-0.2, -0.15) is 8.42 Å². The maximum atomic E-state index is 12.9. The van der Waals surface area contributed by atoms with Crippen molar-refractivity contribution in [3.63, 3.8) is 0 Å². The first-order valence-corrected chi connectivity index (χ1v) is 12.5. The largest absolute Gasteiger partial charge is 0.460 e. The van der Waals surface area contributed by atoms with Crippen molar-refractivity contribution in [3.05, 3.63) is 95.3 Å². The molecule has 0 bridgehead atoms. The van der Waals surface area contributed by atoms with E-state index >= 15 is 0 Å². The number of nitrogens with two attached hydrogens (primary N) is 1. The summed E-state index contributed by atoms with van der Waals surface area (Å²) in [5, 5.41) is 9.82. The Labute approximate surface area is 213 Å². The summed E-state index contributed by atoms with van der Waals surface area (Å²) in [4.78, 5) is 24.6. The number of benzene rings is 3. The fraction of sp³-hybridized carbons (Fsp3) is 0.160. The second-order valence-corrected chi connectivity index (χ2v) is 9.23. The molecule has 0 aromatic heterocycles. The molecule has 0 aliphatic heterocycles. The fourth-order valence-electron chi connectivity index (χ4n) is 2.83. The highest BCUT2D eigenvalue weighted by molar-refractivity contribution is 7.85. The van der Waals surface area contributed by atoms with Crippen LogP contribution < -0.4 is 15.8 Å². The zero-order chi connectivity index (χ0) is 27.6. The van der Waals surface area contributed by atoms with Crippen LogP contribution in [0.25, 0.3) is 0 Å². The number of guanidine groups is 1. The lowest BCUT2D eigenvalue weighted by Gasteiger charge is -2.13. The first-order chi connectivity index (χ1) is 17.3. The van der Waals surface area contributed by atoms with Crippen LogP contribution in [0, 0.1) is 11.2 Å². The lowest BCUT2D eigenvalue weighted by atomic mass is 10.0. The molecule has 0 aliphatic rings. The number of carbonyl (C=O) groups excluding carboxylic acids is 2. The van der Waals surface area contributed by atoms with E-state index in [4.69, 9.17) is 25.2 Å². The first kappa shape index (κ1) is 28.9. The summed E-state index contributed by atoms with van der Waals surface area (Å²) >= 11 is 0. The van der Waals surface area contributed by atoms with Gasteiger partial charge in [-0.05, 0) is 66.6 Å². The Bertz CT molecular complexity index is 1320. The standard InChI is InChI=1S/C24H22FN3O4.CH4O3S/c1-15(22(29)31-14-16-2-8-19(25)9-3-16)17-6-12-21(13-7-17)32-23(30)18-4-10-20(11-5-18)28-24(26)27;1-5(2,3)4/h2-13,15H,14H2,1H3,(H4,26,27,28);1H3,(H,2,3,4). The Balaban J connectivity index is 0.000000877. The van der Waals surface area contributed by atoms with Crippen LogP contribution in [-0.2, 0) is 26.3 Å². The van der Waals surface area contributed by atoms with Gasteiger partial charge < -0.3 is 20.5 Å². The SMILES string of the molecule is CC(C(=O)OCc1ccc(F)cc1)c1ccc(OC(=O)c2ccc(NC(=N)N)cc2)cc1.CS(=O)(=O)O. The van der Waals surface area contributed by atoms with Crippen LogP contribution in [-0.4, -0.2) is 37.1 Å². The molecule has 3 aromatic rings. The molecule has 0 amide bonds. The van der Waals surface area contributed by atoms with Gasteiger partial charge in [-0.15, -0.1) is 0 Å². The average molecular weight is 532 g/mol. The van der Waals surface area contributed by atoms with Crippen LogP contribution in [0.2, 0.25) is 0 Å². The average Bonchev–Trinajstić information content (AvgIpc) is 2.82. The van der Waals surface area contributed by atoms with Crippen LogP contribution >= 0.6 is 0 Å². The van der Waals surface area contributed by atoms with Crippen LogP contribution in [0.4, 0.5) is 10.1 Å². The molecule has 0 radical (unpaired) electrons. The number of halogens is 1. The summed E-state index contributed by atoms with van der Waals surface area (Å²) in [6, 6.07) is 18.6. The van der Waals surface area contributed by atoms with E-state index in [-0.39, 0.29) is 18.4 Å². The molecule has 1 atom stereocenters. The van der Waals surface area contributed by atoms with Gasteiger partial charge >= 0.3 is 11.9 Å². The summed E-state index contributed by atoms with van der Waals surface area (Å²) in [5.41, 5.74) is 7.58. The Hall–Kier alpha value is -4.29. The Morgan fingerprint density at radius 2 is 1.57 bits per heavy atom. The minimum atomic E-state index is -3.67. The van der Waals surface area contributed by atoms with Crippen LogP contribution in [0.1, 0.15) is 34.3 Å². The van der Waals surface area contributed by atoms with Gasteiger partial charge in [0.15, 0.2) is 5.96 Å². The highest BCUT2D eigenvalue weighted by Crippen LogP contribution is 2.22. The van der Waals surface area contributed by atoms with Gasteiger partial charge in [-0.3, -0.25) is 14.8 Å². The van der Waals surface area contributed by atoms with Crippen molar-refractivity contribution in [1.29, 1.82) is 5.41 Å². The van der Waals surface area contributed by atoms with Gasteiger partial charge in [0.2, 0.25) is 0 Å². The summed E-state index contributed by atoms with van der Waals surface area (Å²) in [6.45, 7) is 1.77. The number of hydrogen-bond acceptors (Lipinski definition) is 7. The molecule has 0 saturated heterocycles. The second kappa shape index (κ2) is 13.1. The maximum Gasteiger partial charge on any atom is 0.343 e. The number of carbonyl (C=O) groups is 2. The van der Waals surface area contributed by atoms with Gasteiger partial charge in [0, 0.05) is 5.69 Å². The van der Waals surface area contributed by atoms with E-state index in [1.807, 2.05) is 0 Å². The molecule has 37 heavy (non-hydrogen) atoms. The quantitative estimate of drug-likeness (QED) is 0.117. The number of hydrogen-bond donors (Lipinski definition) is 4. The molecular formula is C25H26FN3O7S. The summed E-state index contributed by atoms with van der Waals surface area (Å²) in [7, 11) is -3.67. The van der Waals surface area contributed by atoms with Crippen LogP contribution in [0.3, 0.4) is 0 Å². The third-order valence-corrected chi connectivity index (χ3v) is 4.64. The predicted molar refractivity (Wildman–Crippen MR) is 135 cm³/mol. The van der Waals surface area contributed by atoms with Crippen LogP contribution in [0.15, 0.2) is 72.8 Å². The number of esters is 2. The monoisotopic (exact) mass is 531 g/mol. The maximum absolute atomic E-state index is 12.9. The van der Waals surface area contributed by atoms with Gasteiger partial charge in [-0.1, -0.05) is 24.3 Å². The number of rotatable bonds is 7. The minimum Gasteiger partial charge on any atom is -0.460 e.